The van der Waals surface area contributed by atoms with E-state index in [0.717, 1.165) is 24.3 Å². The summed E-state index contributed by atoms with van der Waals surface area (Å²) in [5.74, 6) is 1.10. The number of nitrogens with one attached hydrogen (secondary N) is 1. The van der Waals surface area contributed by atoms with Gasteiger partial charge in [0.05, 0.1) is 6.61 Å². The third-order valence-corrected chi connectivity index (χ3v) is 3.23. The summed E-state index contributed by atoms with van der Waals surface area (Å²) in [4.78, 5) is 11.0. The fraction of sp³-hybridized carbons (Fsp3) is 0.533. The van der Waals surface area contributed by atoms with Crippen molar-refractivity contribution in [2.24, 2.45) is 5.92 Å². The molecule has 0 aromatic heterocycles. The van der Waals surface area contributed by atoms with Gasteiger partial charge in [-0.3, -0.25) is 4.79 Å². The number of carboxylic acids is 1. The number of aliphatic carboxylic acids is 1. The average Bonchev–Trinajstić information content (AvgIpc) is 3.25. The van der Waals surface area contributed by atoms with E-state index >= 15 is 0 Å². The standard InChI is InChI=1S/C15H21NO4/c1-2-19-12-5-7-13(8-6-12)20-10-9-16-14(15(17)18)11-3-4-11/h5-8,11,14,16H,2-4,9-10H2,1H3,(H,17,18). The molecule has 1 unspecified atom stereocenters. The van der Waals surface area contributed by atoms with Gasteiger partial charge in [0, 0.05) is 6.54 Å². The molecule has 2 N–H and O–H groups in total. The summed E-state index contributed by atoms with van der Waals surface area (Å²) in [6.45, 7) is 3.56. The van der Waals surface area contributed by atoms with Crippen molar-refractivity contribution in [2.45, 2.75) is 25.8 Å². The molecule has 0 spiro atoms. The van der Waals surface area contributed by atoms with Gasteiger partial charge >= 0.3 is 5.97 Å². The number of carboxylic acid groups (broad SMARTS) is 1. The van der Waals surface area contributed by atoms with E-state index in [9.17, 15) is 4.79 Å². The molecule has 0 bridgehead atoms. The smallest absolute Gasteiger partial charge is 0.320 e. The molecular formula is C15H21NO4. The van der Waals surface area contributed by atoms with Crippen LogP contribution in [-0.2, 0) is 4.79 Å². The zero-order chi connectivity index (χ0) is 14.4. The van der Waals surface area contributed by atoms with Crippen LogP contribution in [-0.4, -0.2) is 36.9 Å². The summed E-state index contributed by atoms with van der Waals surface area (Å²) in [6.07, 6.45) is 2.01. The van der Waals surface area contributed by atoms with Gasteiger partial charge in [0.1, 0.15) is 24.1 Å². The highest BCUT2D eigenvalue weighted by Gasteiger charge is 2.35. The van der Waals surface area contributed by atoms with Gasteiger partial charge in [0.2, 0.25) is 0 Å². The zero-order valence-corrected chi connectivity index (χ0v) is 11.7. The molecule has 0 amide bonds. The van der Waals surface area contributed by atoms with Crippen LogP contribution in [0.3, 0.4) is 0 Å². The number of ether oxygens (including phenoxy) is 2. The Hall–Kier alpha value is -1.75. The van der Waals surface area contributed by atoms with E-state index in [4.69, 9.17) is 14.6 Å². The molecule has 5 heteroatoms. The van der Waals surface area contributed by atoms with Gasteiger partial charge in [-0.15, -0.1) is 0 Å². The third-order valence-electron chi connectivity index (χ3n) is 3.23. The largest absolute Gasteiger partial charge is 0.494 e. The quantitative estimate of drug-likeness (QED) is 0.676. The minimum Gasteiger partial charge on any atom is -0.494 e. The molecule has 1 aliphatic carbocycles. The molecule has 1 atom stereocenters. The molecule has 2 rings (SSSR count). The maximum atomic E-state index is 11.0. The fourth-order valence-electron chi connectivity index (χ4n) is 2.07. The van der Waals surface area contributed by atoms with Gasteiger partial charge < -0.3 is 19.9 Å². The van der Waals surface area contributed by atoms with Gasteiger partial charge in [-0.05, 0) is 49.9 Å². The van der Waals surface area contributed by atoms with E-state index in [0.29, 0.717) is 19.8 Å². The van der Waals surface area contributed by atoms with Gasteiger partial charge in [-0.1, -0.05) is 0 Å². The Morgan fingerprint density at radius 2 is 1.90 bits per heavy atom. The first kappa shape index (κ1) is 14.7. The second-order valence-electron chi connectivity index (χ2n) is 4.86. The molecule has 20 heavy (non-hydrogen) atoms. The van der Waals surface area contributed by atoms with Crippen LogP contribution in [0.4, 0.5) is 0 Å². The Labute approximate surface area is 118 Å². The SMILES string of the molecule is CCOc1ccc(OCCNC(C(=O)O)C2CC2)cc1. The Kier molecular flexibility index (Phi) is 5.24. The predicted octanol–water partition coefficient (Wildman–Crippen LogP) is 1.92. The van der Waals surface area contributed by atoms with E-state index in [1.807, 2.05) is 31.2 Å². The van der Waals surface area contributed by atoms with Crippen molar-refractivity contribution < 1.29 is 19.4 Å². The third kappa shape index (κ3) is 4.42. The van der Waals surface area contributed by atoms with Crippen LogP contribution in [0, 0.1) is 5.92 Å². The Morgan fingerprint density at radius 3 is 2.40 bits per heavy atom. The van der Waals surface area contributed by atoms with Crippen molar-refractivity contribution in [1.82, 2.24) is 5.32 Å². The maximum Gasteiger partial charge on any atom is 0.320 e. The van der Waals surface area contributed by atoms with Crippen LogP contribution in [0.5, 0.6) is 11.5 Å². The van der Waals surface area contributed by atoms with Crippen molar-refractivity contribution in [3.63, 3.8) is 0 Å². The predicted molar refractivity (Wildman–Crippen MR) is 75.3 cm³/mol. The first-order chi connectivity index (χ1) is 9.70. The molecule has 5 nitrogen and oxygen atoms in total. The molecule has 1 saturated carbocycles. The maximum absolute atomic E-state index is 11.0. The van der Waals surface area contributed by atoms with Crippen LogP contribution >= 0.6 is 0 Å². The number of carbonyl (C=O) groups is 1. The van der Waals surface area contributed by atoms with E-state index in [1.165, 1.54) is 0 Å². The van der Waals surface area contributed by atoms with Crippen molar-refractivity contribution in [1.29, 1.82) is 0 Å². The first-order valence-electron chi connectivity index (χ1n) is 7.02. The molecule has 1 aliphatic rings. The number of rotatable bonds is 9. The van der Waals surface area contributed by atoms with Crippen molar-refractivity contribution >= 4 is 5.97 Å². The Morgan fingerprint density at radius 1 is 1.30 bits per heavy atom. The molecule has 1 aromatic carbocycles. The second-order valence-corrected chi connectivity index (χ2v) is 4.86. The van der Waals surface area contributed by atoms with E-state index in [2.05, 4.69) is 5.32 Å². The molecule has 1 fully saturated rings. The number of benzene rings is 1. The topological polar surface area (TPSA) is 67.8 Å². The van der Waals surface area contributed by atoms with Crippen LogP contribution in [0.1, 0.15) is 19.8 Å². The highest BCUT2D eigenvalue weighted by molar-refractivity contribution is 5.74. The summed E-state index contributed by atoms with van der Waals surface area (Å²) >= 11 is 0. The highest BCUT2D eigenvalue weighted by atomic mass is 16.5. The normalized spacial score (nSPS) is 15.7. The highest BCUT2D eigenvalue weighted by Crippen LogP contribution is 2.32. The Balaban J connectivity index is 1.68. The summed E-state index contributed by atoms with van der Waals surface area (Å²) in [5.41, 5.74) is 0. The summed E-state index contributed by atoms with van der Waals surface area (Å²) < 4.78 is 10.9. The molecule has 0 radical (unpaired) electrons. The van der Waals surface area contributed by atoms with Crippen LogP contribution in [0.2, 0.25) is 0 Å². The van der Waals surface area contributed by atoms with Gasteiger partial charge in [-0.2, -0.15) is 0 Å². The lowest BCUT2D eigenvalue weighted by molar-refractivity contribution is -0.140. The molecule has 110 valence electrons. The molecule has 0 aliphatic heterocycles. The summed E-state index contributed by atoms with van der Waals surface area (Å²) in [7, 11) is 0. The molecule has 1 aromatic rings. The van der Waals surface area contributed by atoms with Crippen LogP contribution in [0.25, 0.3) is 0 Å². The van der Waals surface area contributed by atoms with Crippen LogP contribution in [0.15, 0.2) is 24.3 Å². The molecule has 0 saturated heterocycles. The van der Waals surface area contributed by atoms with Gasteiger partial charge in [-0.25, -0.2) is 0 Å². The van der Waals surface area contributed by atoms with Crippen molar-refractivity contribution in [2.75, 3.05) is 19.8 Å². The lowest BCUT2D eigenvalue weighted by Gasteiger charge is -2.14. The first-order valence-corrected chi connectivity index (χ1v) is 7.02. The van der Waals surface area contributed by atoms with Crippen molar-refractivity contribution in [3.05, 3.63) is 24.3 Å². The summed E-state index contributed by atoms with van der Waals surface area (Å²) in [5, 5.41) is 12.1. The lowest BCUT2D eigenvalue weighted by Crippen LogP contribution is -2.40. The van der Waals surface area contributed by atoms with E-state index < -0.39 is 12.0 Å². The van der Waals surface area contributed by atoms with Crippen LogP contribution < -0.4 is 14.8 Å². The van der Waals surface area contributed by atoms with Gasteiger partial charge in [0.25, 0.3) is 0 Å². The fourth-order valence-corrected chi connectivity index (χ4v) is 2.07. The lowest BCUT2D eigenvalue weighted by atomic mass is 10.2. The van der Waals surface area contributed by atoms with E-state index in [1.54, 1.807) is 0 Å². The number of hydrogen-bond acceptors (Lipinski definition) is 4. The summed E-state index contributed by atoms with van der Waals surface area (Å²) in [6, 6.07) is 6.98. The van der Waals surface area contributed by atoms with Gasteiger partial charge in [0.15, 0.2) is 0 Å². The monoisotopic (exact) mass is 279 g/mol. The zero-order valence-electron chi connectivity index (χ0n) is 11.7. The van der Waals surface area contributed by atoms with E-state index in [-0.39, 0.29) is 5.92 Å². The Bertz CT molecular complexity index is 428. The second kappa shape index (κ2) is 7.14. The minimum atomic E-state index is -0.770. The molecular weight excluding hydrogens is 258 g/mol. The minimum absolute atomic E-state index is 0.290. The molecule has 0 heterocycles. The number of hydrogen-bond donors (Lipinski definition) is 2. The van der Waals surface area contributed by atoms with Crippen molar-refractivity contribution in [3.8, 4) is 11.5 Å². The average molecular weight is 279 g/mol.